The maximum Gasteiger partial charge on any atom is 0.200 e. The first-order valence-electron chi connectivity index (χ1n) is 7.51. The van der Waals surface area contributed by atoms with Crippen molar-refractivity contribution in [1.82, 2.24) is 4.98 Å². The lowest BCUT2D eigenvalue weighted by Crippen LogP contribution is -2.08. The number of benzene rings is 2. The summed E-state index contributed by atoms with van der Waals surface area (Å²) in [6.45, 7) is 0. The number of aldehydes is 1. The lowest BCUT2D eigenvalue weighted by molar-refractivity contribution is 0.112. The normalized spacial score (nSPS) is 11.1. The molecule has 0 amide bonds. The summed E-state index contributed by atoms with van der Waals surface area (Å²) in [4.78, 5) is 14.7. The van der Waals surface area contributed by atoms with Crippen LogP contribution in [0.25, 0.3) is 22.3 Å². The van der Waals surface area contributed by atoms with Gasteiger partial charge in [-0.1, -0.05) is 0 Å². The van der Waals surface area contributed by atoms with Crippen LogP contribution in [0.5, 0.6) is 0 Å². The number of hydrogen-bond acceptors (Lipinski definition) is 2. The average molecular weight is 439 g/mol. The van der Waals surface area contributed by atoms with Crippen LogP contribution >= 0.6 is 0 Å². The Morgan fingerprint density at radius 2 is 0.767 bits per heavy atom. The summed E-state index contributed by atoms with van der Waals surface area (Å²) in [5, 5.41) is 0. The first kappa shape index (κ1) is 21.3. The molecule has 0 saturated carbocycles. The first-order chi connectivity index (χ1) is 14.0. The Bertz CT molecular complexity index is 1080. The lowest BCUT2D eigenvalue weighted by atomic mass is 9.93. The van der Waals surface area contributed by atoms with Crippen LogP contribution in [-0.2, 0) is 0 Å². The Hall–Kier alpha value is -3.44. The van der Waals surface area contributed by atoms with Crippen molar-refractivity contribution in [1.29, 1.82) is 0 Å². The van der Waals surface area contributed by atoms with Crippen molar-refractivity contribution >= 4 is 6.29 Å². The number of halogens is 10. The van der Waals surface area contributed by atoms with E-state index >= 15 is 0 Å². The van der Waals surface area contributed by atoms with Gasteiger partial charge in [0, 0.05) is 29.1 Å². The van der Waals surface area contributed by atoms with Gasteiger partial charge in [0.1, 0.15) is 0 Å². The lowest BCUT2D eigenvalue weighted by Gasteiger charge is -2.14. The van der Waals surface area contributed by atoms with E-state index in [1.807, 2.05) is 0 Å². The Morgan fingerprint density at radius 1 is 0.500 bits per heavy atom. The van der Waals surface area contributed by atoms with Crippen molar-refractivity contribution < 1.29 is 48.7 Å². The summed E-state index contributed by atoms with van der Waals surface area (Å²) in [7, 11) is 0. The van der Waals surface area contributed by atoms with Crippen LogP contribution in [0.3, 0.4) is 0 Å². The molecule has 156 valence electrons. The van der Waals surface area contributed by atoms with E-state index in [0.29, 0.717) is 12.4 Å². The second kappa shape index (κ2) is 7.43. The van der Waals surface area contributed by atoms with Gasteiger partial charge < -0.3 is 0 Å². The fourth-order valence-electron chi connectivity index (χ4n) is 2.68. The van der Waals surface area contributed by atoms with Gasteiger partial charge in [-0.15, -0.1) is 0 Å². The van der Waals surface area contributed by atoms with Crippen molar-refractivity contribution in [3.63, 3.8) is 0 Å². The molecule has 0 aliphatic heterocycles. The molecule has 0 bridgehead atoms. The number of hydrogen-bond donors (Lipinski definition) is 0. The predicted octanol–water partition coefficient (Wildman–Crippen LogP) is 5.62. The monoisotopic (exact) mass is 439 g/mol. The number of carbonyl (C=O) groups excluding carboxylic acids is 1. The molecule has 0 saturated heterocycles. The second-order valence-electron chi connectivity index (χ2n) is 5.66. The summed E-state index contributed by atoms with van der Waals surface area (Å²) >= 11 is 0. The molecule has 0 N–H and O–H groups in total. The fraction of sp³-hybridized carbons (Fsp3) is 0. The molecule has 3 aromatic rings. The second-order valence-corrected chi connectivity index (χ2v) is 5.66. The maximum absolute atomic E-state index is 14.1. The largest absolute Gasteiger partial charge is 0.298 e. The number of nitrogens with zero attached hydrogens (tertiary/aromatic N) is 1. The van der Waals surface area contributed by atoms with E-state index in [2.05, 4.69) is 4.98 Å². The highest BCUT2D eigenvalue weighted by Gasteiger charge is 2.32. The quantitative estimate of drug-likeness (QED) is 0.230. The molecule has 30 heavy (non-hydrogen) atoms. The molecule has 0 unspecified atom stereocenters. The number of carbonyl (C=O) groups is 1. The minimum Gasteiger partial charge on any atom is -0.298 e. The van der Waals surface area contributed by atoms with Crippen molar-refractivity contribution in [2.75, 3.05) is 0 Å². The molecule has 3 rings (SSSR count). The Kier molecular flexibility index (Phi) is 5.27. The molecule has 1 heterocycles. The summed E-state index contributed by atoms with van der Waals surface area (Å²) in [5.74, 6) is -24.3. The smallest absolute Gasteiger partial charge is 0.200 e. The molecule has 1 aromatic heterocycles. The van der Waals surface area contributed by atoms with Crippen molar-refractivity contribution in [2.45, 2.75) is 0 Å². The highest BCUT2D eigenvalue weighted by molar-refractivity contribution is 5.96. The van der Waals surface area contributed by atoms with E-state index in [9.17, 15) is 48.7 Å². The number of rotatable bonds is 3. The number of aromatic nitrogens is 1. The topological polar surface area (TPSA) is 30.0 Å². The molecule has 0 aliphatic carbocycles. The van der Waals surface area contributed by atoms with Crippen molar-refractivity contribution in [2.24, 2.45) is 0 Å². The van der Waals surface area contributed by atoms with Gasteiger partial charge in [0.25, 0.3) is 0 Å². The number of pyridine rings is 1. The van der Waals surface area contributed by atoms with Crippen LogP contribution < -0.4 is 0 Å². The predicted molar refractivity (Wildman–Crippen MR) is 80.1 cm³/mol. The Morgan fingerprint density at radius 3 is 1.03 bits per heavy atom. The molecule has 2 aromatic carbocycles. The third kappa shape index (κ3) is 2.90. The molecular formula is C18H3F10NO. The molecule has 0 fully saturated rings. The minimum absolute atomic E-state index is 0.331. The standard InChI is InChI=1S/C18H3F10NO/c19-9-7(10(20)14(24)17(27)13(9)23)4-1-29-2-5(6(4)3-30)8-11(21)15(25)18(28)16(26)12(8)22/h1-3H. The highest BCUT2D eigenvalue weighted by Crippen LogP contribution is 2.38. The molecular weight excluding hydrogens is 436 g/mol. The summed E-state index contributed by atoms with van der Waals surface area (Å²) in [6, 6.07) is 0. The van der Waals surface area contributed by atoms with Gasteiger partial charge in [0.2, 0.25) is 11.6 Å². The van der Waals surface area contributed by atoms with Crippen molar-refractivity contribution in [3.8, 4) is 22.3 Å². The van der Waals surface area contributed by atoms with Gasteiger partial charge in [-0.2, -0.15) is 0 Å². The van der Waals surface area contributed by atoms with Gasteiger partial charge in [-0.25, -0.2) is 43.9 Å². The SMILES string of the molecule is O=Cc1c(-c2c(F)c(F)c(F)c(F)c2F)cncc1-c1c(F)c(F)c(F)c(F)c1F. The van der Waals surface area contributed by atoms with Gasteiger partial charge >= 0.3 is 0 Å². The highest BCUT2D eigenvalue weighted by atomic mass is 19.2. The van der Waals surface area contributed by atoms with E-state index in [4.69, 9.17) is 0 Å². The zero-order valence-electron chi connectivity index (χ0n) is 13.9. The maximum atomic E-state index is 14.1. The van der Waals surface area contributed by atoms with Gasteiger partial charge in [-0.05, 0) is 0 Å². The van der Waals surface area contributed by atoms with Gasteiger partial charge in [-0.3, -0.25) is 9.78 Å². The third-order valence-corrected chi connectivity index (χ3v) is 4.06. The summed E-state index contributed by atoms with van der Waals surface area (Å²) in [6.07, 6.45) is 0.498. The Labute approximate surface area is 159 Å². The van der Waals surface area contributed by atoms with Gasteiger partial charge in [0.05, 0.1) is 11.1 Å². The average Bonchev–Trinajstić information content (AvgIpc) is 2.74. The summed E-state index contributed by atoms with van der Waals surface area (Å²) < 4.78 is 137. The van der Waals surface area contributed by atoms with Crippen LogP contribution in [0, 0.1) is 58.2 Å². The van der Waals surface area contributed by atoms with E-state index in [1.165, 1.54) is 0 Å². The van der Waals surface area contributed by atoms with Crippen LogP contribution in [0.4, 0.5) is 43.9 Å². The van der Waals surface area contributed by atoms with Crippen LogP contribution in [0.1, 0.15) is 10.4 Å². The molecule has 0 aliphatic rings. The molecule has 0 radical (unpaired) electrons. The zero-order chi connectivity index (χ0) is 22.5. The third-order valence-electron chi connectivity index (χ3n) is 4.06. The van der Waals surface area contributed by atoms with Crippen molar-refractivity contribution in [3.05, 3.63) is 76.1 Å². The fourth-order valence-corrected chi connectivity index (χ4v) is 2.68. The summed E-state index contributed by atoms with van der Waals surface area (Å²) in [5.41, 5.74) is -6.80. The van der Waals surface area contributed by atoms with Crippen LogP contribution in [0.15, 0.2) is 12.4 Å². The van der Waals surface area contributed by atoms with E-state index < -0.39 is 86.0 Å². The van der Waals surface area contributed by atoms with E-state index in [-0.39, 0.29) is 6.29 Å². The molecule has 2 nitrogen and oxygen atoms in total. The zero-order valence-corrected chi connectivity index (χ0v) is 13.9. The first-order valence-corrected chi connectivity index (χ1v) is 7.51. The molecule has 0 atom stereocenters. The Balaban J connectivity index is 2.46. The van der Waals surface area contributed by atoms with E-state index in [1.54, 1.807) is 0 Å². The van der Waals surface area contributed by atoms with Gasteiger partial charge in [0.15, 0.2) is 52.8 Å². The van der Waals surface area contributed by atoms with Crippen LogP contribution in [0.2, 0.25) is 0 Å². The van der Waals surface area contributed by atoms with E-state index in [0.717, 1.165) is 0 Å². The minimum atomic E-state index is -2.52. The molecule has 0 spiro atoms. The molecule has 12 heteroatoms. The van der Waals surface area contributed by atoms with Crippen LogP contribution in [-0.4, -0.2) is 11.3 Å².